The zero-order valence-corrected chi connectivity index (χ0v) is 14.1. The van der Waals surface area contributed by atoms with Crippen LogP contribution in [0.3, 0.4) is 0 Å². The number of hydrogen-bond donors (Lipinski definition) is 1. The zero-order valence-electron chi connectivity index (χ0n) is 11.7. The minimum atomic E-state index is -0.803. The van der Waals surface area contributed by atoms with Gasteiger partial charge < -0.3 is 9.52 Å². The Morgan fingerprint density at radius 2 is 2.29 bits per heavy atom. The van der Waals surface area contributed by atoms with Crippen LogP contribution >= 0.6 is 27.3 Å². The summed E-state index contributed by atoms with van der Waals surface area (Å²) in [4.78, 5) is 13.8. The van der Waals surface area contributed by atoms with Gasteiger partial charge in [0.2, 0.25) is 5.89 Å². The molecule has 0 aliphatic heterocycles. The van der Waals surface area contributed by atoms with Gasteiger partial charge in [0.25, 0.3) is 5.89 Å². The molecule has 0 aliphatic rings. The molecule has 6 nitrogen and oxygen atoms in total. The summed E-state index contributed by atoms with van der Waals surface area (Å²) in [7, 11) is 0. The van der Waals surface area contributed by atoms with E-state index in [9.17, 15) is 4.79 Å². The van der Waals surface area contributed by atoms with E-state index in [1.54, 1.807) is 6.92 Å². The standard InChI is InChI=1S/C13H16BrN3O3S/c1-3-17(6-8(2)13(18)19)7-11-15-16-12(20-11)9-4-5-10(14)21-9/h4-5,8H,3,6-7H2,1-2H3,(H,18,19). The van der Waals surface area contributed by atoms with Gasteiger partial charge >= 0.3 is 5.97 Å². The Morgan fingerprint density at radius 1 is 1.52 bits per heavy atom. The third-order valence-corrected chi connectivity index (χ3v) is 4.62. The maximum atomic E-state index is 10.9. The number of hydrogen-bond acceptors (Lipinski definition) is 6. The Kier molecular flexibility index (Phi) is 5.49. The smallest absolute Gasteiger partial charge is 0.307 e. The Bertz CT molecular complexity index is 613. The highest BCUT2D eigenvalue weighted by atomic mass is 79.9. The molecule has 2 rings (SSSR count). The summed E-state index contributed by atoms with van der Waals surface area (Å²) >= 11 is 4.92. The van der Waals surface area contributed by atoms with Crippen LogP contribution in [0, 0.1) is 5.92 Å². The van der Waals surface area contributed by atoms with Gasteiger partial charge in [0, 0.05) is 6.54 Å². The summed E-state index contributed by atoms with van der Waals surface area (Å²) in [5.74, 6) is -0.249. The maximum Gasteiger partial charge on any atom is 0.307 e. The number of nitrogens with zero attached hydrogens (tertiary/aromatic N) is 3. The van der Waals surface area contributed by atoms with Crippen LogP contribution in [0.4, 0.5) is 0 Å². The largest absolute Gasteiger partial charge is 0.481 e. The van der Waals surface area contributed by atoms with Crippen LogP contribution in [0.2, 0.25) is 0 Å². The van der Waals surface area contributed by atoms with Gasteiger partial charge in [-0.1, -0.05) is 13.8 Å². The molecule has 0 amide bonds. The first-order valence-corrected chi connectivity index (χ1v) is 8.13. The fraction of sp³-hybridized carbons (Fsp3) is 0.462. The van der Waals surface area contributed by atoms with E-state index in [-0.39, 0.29) is 0 Å². The molecular weight excluding hydrogens is 358 g/mol. The molecular formula is C13H16BrN3O3S. The van der Waals surface area contributed by atoms with Crippen LogP contribution in [0.25, 0.3) is 10.8 Å². The van der Waals surface area contributed by atoms with E-state index < -0.39 is 11.9 Å². The van der Waals surface area contributed by atoms with Crippen LogP contribution in [0.15, 0.2) is 20.3 Å². The predicted molar refractivity (Wildman–Crippen MR) is 83.1 cm³/mol. The molecule has 0 aromatic carbocycles. The first-order chi connectivity index (χ1) is 9.99. The fourth-order valence-corrected chi connectivity index (χ4v) is 3.12. The summed E-state index contributed by atoms with van der Waals surface area (Å²) in [5, 5.41) is 17.0. The molecule has 1 atom stereocenters. The summed E-state index contributed by atoms with van der Waals surface area (Å²) in [6, 6.07) is 3.84. The molecule has 8 heteroatoms. The average Bonchev–Trinajstić information content (AvgIpc) is 3.06. The van der Waals surface area contributed by atoms with Crippen molar-refractivity contribution in [1.29, 1.82) is 0 Å². The minimum absolute atomic E-state index is 0.430. The molecule has 2 aromatic heterocycles. The van der Waals surface area contributed by atoms with E-state index in [0.717, 1.165) is 15.2 Å². The van der Waals surface area contributed by atoms with Gasteiger partial charge in [-0.25, -0.2) is 0 Å². The Balaban J connectivity index is 2.02. The van der Waals surface area contributed by atoms with Gasteiger partial charge in [-0.3, -0.25) is 9.69 Å². The predicted octanol–water partition coefficient (Wildman–Crippen LogP) is 3.10. The number of rotatable bonds is 7. The van der Waals surface area contributed by atoms with Gasteiger partial charge in [0.15, 0.2) is 0 Å². The van der Waals surface area contributed by atoms with Crippen molar-refractivity contribution in [2.45, 2.75) is 20.4 Å². The van der Waals surface area contributed by atoms with Crippen molar-refractivity contribution in [3.63, 3.8) is 0 Å². The van der Waals surface area contributed by atoms with Crippen LogP contribution < -0.4 is 0 Å². The summed E-state index contributed by atoms with van der Waals surface area (Å²) in [6.07, 6.45) is 0. The molecule has 0 fully saturated rings. The van der Waals surface area contributed by atoms with E-state index >= 15 is 0 Å². The average molecular weight is 374 g/mol. The fourth-order valence-electron chi connectivity index (χ4n) is 1.81. The lowest BCUT2D eigenvalue weighted by molar-refractivity contribution is -0.141. The second-order valence-electron chi connectivity index (χ2n) is 4.67. The lowest BCUT2D eigenvalue weighted by atomic mass is 10.2. The third-order valence-electron chi connectivity index (χ3n) is 3.01. The molecule has 1 N–H and O–H groups in total. The van der Waals surface area contributed by atoms with E-state index in [2.05, 4.69) is 26.1 Å². The van der Waals surface area contributed by atoms with Crippen molar-refractivity contribution in [3.05, 3.63) is 21.8 Å². The first kappa shape index (κ1) is 16.1. The molecule has 0 spiro atoms. The lowest BCUT2D eigenvalue weighted by Gasteiger charge is -2.20. The molecule has 2 aromatic rings. The van der Waals surface area contributed by atoms with E-state index in [1.807, 2.05) is 24.0 Å². The number of aromatic nitrogens is 2. The normalized spacial score (nSPS) is 12.8. The number of thiophene rings is 1. The van der Waals surface area contributed by atoms with Gasteiger partial charge in [0.05, 0.1) is 21.1 Å². The quantitative estimate of drug-likeness (QED) is 0.802. The highest BCUT2D eigenvalue weighted by Gasteiger charge is 2.18. The highest BCUT2D eigenvalue weighted by molar-refractivity contribution is 9.11. The second kappa shape index (κ2) is 7.15. The van der Waals surface area contributed by atoms with E-state index in [0.29, 0.717) is 24.9 Å². The zero-order chi connectivity index (χ0) is 15.4. The van der Waals surface area contributed by atoms with Crippen molar-refractivity contribution >= 4 is 33.2 Å². The van der Waals surface area contributed by atoms with Crippen LogP contribution in [0.1, 0.15) is 19.7 Å². The number of carboxylic acids is 1. The Labute approximate surface area is 134 Å². The molecule has 2 heterocycles. The molecule has 114 valence electrons. The van der Waals surface area contributed by atoms with E-state index in [1.165, 1.54) is 11.3 Å². The topological polar surface area (TPSA) is 79.5 Å². The number of aliphatic carboxylic acids is 1. The molecule has 1 unspecified atom stereocenters. The van der Waals surface area contributed by atoms with Crippen LogP contribution in [0.5, 0.6) is 0 Å². The van der Waals surface area contributed by atoms with Gasteiger partial charge in [-0.2, -0.15) is 0 Å². The minimum Gasteiger partial charge on any atom is -0.481 e. The van der Waals surface area contributed by atoms with Gasteiger partial charge in [0.1, 0.15) is 0 Å². The lowest BCUT2D eigenvalue weighted by Crippen LogP contribution is -2.31. The Morgan fingerprint density at radius 3 is 2.86 bits per heavy atom. The summed E-state index contributed by atoms with van der Waals surface area (Å²) in [5.41, 5.74) is 0. The summed E-state index contributed by atoms with van der Waals surface area (Å²) < 4.78 is 6.64. The molecule has 0 saturated heterocycles. The van der Waals surface area contributed by atoms with E-state index in [4.69, 9.17) is 9.52 Å². The van der Waals surface area contributed by atoms with Gasteiger partial charge in [-0.15, -0.1) is 21.5 Å². The summed E-state index contributed by atoms with van der Waals surface area (Å²) in [6.45, 7) is 5.29. The molecule has 0 bridgehead atoms. The third kappa shape index (κ3) is 4.36. The van der Waals surface area contributed by atoms with Crippen LogP contribution in [-0.2, 0) is 11.3 Å². The second-order valence-corrected chi connectivity index (χ2v) is 7.13. The highest BCUT2D eigenvalue weighted by Crippen LogP contribution is 2.30. The Hall–Kier alpha value is -1.25. The maximum absolute atomic E-state index is 10.9. The van der Waals surface area contributed by atoms with Gasteiger partial charge in [-0.05, 0) is 34.6 Å². The molecule has 0 saturated carbocycles. The number of halogens is 1. The number of carboxylic acid groups (broad SMARTS) is 1. The molecule has 21 heavy (non-hydrogen) atoms. The van der Waals surface area contributed by atoms with Crippen molar-refractivity contribution in [3.8, 4) is 10.8 Å². The van der Waals surface area contributed by atoms with Crippen LogP contribution in [-0.4, -0.2) is 39.3 Å². The van der Waals surface area contributed by atoms with Crippen molar-refractivity contribution in [2.75, 3.05) is 13.1 Å². The van der Waals surface area contributed by atoms with Crippen molar-refractivity contribution in [1.82, 2.24) is 15.1 Å². The number of carbonyl (C=O) groups is 1. The molecule has 0 aliphatic carbocycles. The van der Waals surface area contributed by atoms with Crippen molar-refractivity contribution in [2.24, 2.45) is 5.92 Å². The monoisotopic (exact) mass is 373 g/mol. The SMILES string of the molecule is CCN(Cc1nnc(-c2ccc(Br)s2)o1)CC(C)C(=O)O. The van der Waals surface area contributed by atoms with Crippen molar-refractivity contribution < 1.29 is 14.3 Å². The first-order valence-electron chi connectivity index (χ1n) is 6.52. The molecule has 0 radical (unpaired) electrons.